The third kappa shape index (κ3) is 1.78. The van der Waals surface area contributed by atoms with Gasteiger partial charge in [0.2, 0.25) is 5.82 Å². The maximum absolute atomic E-state index is 5.78. The summed E-state index contributed by atoms with van der Waals surface area (Å²) < 4.78 is 0. The van der Waals surface area contributed by atoms with Crippen LogP contribution in [0.15, 0.2) is 12.1 Å². The molecular formula is C9H12N6. The van der Waals surface area contributed by atoms with Crippen LogP contribution in [0.2, 0.25) is 0 Å². The lowest BCUT2D eigenvalue weighted by molar-refractivity contribution is 0.553. The Balaban J connectivity index is 2.44. The van der Waals surface area contributed by atoms with Crippen molar-refractivity contribution in [1.29, 1.82) is 0 Å². The number of hydrogen-bond donors (Lipinski definition) is 1. The summed E-state index contributed by atoms with van der Waals surface area (Å²) in [4.78, 5) is 5.65. The van der Waals surface area contributed by atoms with Crippen molar-refractivity contribution in [2.24, 2.45) is 0 Å². The summed E-state index contributed by atoms with van der Waals surface area (Å²) >= 11 is 0. The van der Waals surface area contributed by atoms with E-state index in [1.54, 1.807) is 0 Å². The Hall–Kier alpha value is -1.98. The van der Waals surface area contributed by atoms with Gasteiger partial charge in [-0.05, 0) is 31.2 Å². The summed E-state index contributed by atoms with van der Waals surface area (Å²) in [6.07, 6.45) is 0. The Morgan fingerprint density at radius 2 is 2.20 bits per heavy atom. The third-order valence-electron chi connectivity index (χ3n) is 2.04. The molecule has 0 bridgehead atoms. The average Bonchev–Trinajstić information content (AvgIpc) is 2.66. The molecule has 0 amide bonds. The van der Waals surface area contributed by atoms with Gasteiger partial charge in [-0.15, -0.1) is 10.2 Å². The molecule has 0 spiro atoms. The zero-order chi connectivity index (χ0) is 10.8. The van der Waals surface area contributed by atoms with Crippen molar-refractivity contribution < 1.29 is 0 Å². The van der Waals surface area contributed by atoms with Crippen LogP contribution < -0.4 is 5.73 Å². The third-order valence-corrected chi connectivity index (χ3v) is 2.04. The second kappa shape index (κ2) is 3.64. The summed E-state index contributed by atoms with van der Waals surface area (Å²) in [7, 11) is 0. The van der Waals surface area contributed by atoms with Crippen molar-refractivity contribution in [1.82, 2.24) is 25.2 Å². The molecule has 0 aromatic carbocycles. The van der Waals surface area contributed by atoms with Crippen LogP contribution in [-0.4, -0.2) is 25.2 Å². The number of nitrogen functional groups attached to an aromatic ring is 1. The molecule has 15 heavy (non-hydrogen) atoms. The number of pyridine rings is 1. The van der Waals surface area contributed by atoms with Gasteiger partial charge >= 0.3 is 0 Å². The van der Waals surface area contributed by atoms with Gasteiger partial charge in [-0.1, -0.05) is 0 Å². The first-order valence-electron chi connectivity index (χ1n) is 4.72. The molecule has 2 N–H and O–H groups in total. The second-order valence-corrected chi connectivity index (χ2v) is 3.19. The van der Waals surface area contributed by atoms with Crippen LogP contribution in [0.5, 0.6) is 0 Å². The van der Waals surface area contributed by atoms with Crippen LogP contribution in [0.3, 0.4) is 0 Å². The van der Waals surface area contributed by atoms with E-state index in [1.807, 2.05) is 26.0 Å². The summed E-state index contributed by atoms with van der Waals surface area (Å²) in [6.45, 7) is 4.52. The standard InChI is InChI=1S/C9H12N6/c1-3-15-13-9(12-14-15)7-5-4-6(2)11-8(7)10/h4-5H,3H2,1-2H3,(H2,10,11). The molecule has 0 radical (unpaired) electrons. The predicted molar refractivity (Wildman–Crippen MR) is 55.9 cm³/mol. The molecule has 0 fully saturated rings. The van der Waals surface area contributed by atoms with Crippen LogP contribution in [0, 0.1) is 6.92 Å². The van der Waals surface area contributed by atoms with Gasteiger partial charge in [0.05, 0.1) is 12.1 Å². The normalized spacial score (nSPS) is 10.5. The molecule has 2 aromatic heterocycles. The molecule has 2 heterocycles. The molecule has 0 unspecified atom stereocenters. The highest BCUT2D eigenvalue weighted by Gasteiger charge is 2.09. The highest BCUT2D eigenvalue weighted by molar-refractivity contribution is 5.67. The van der Waals surface area contributed by atoms with Crippen molar-refractivity contribution in [3.8, 4) is 11.4 Å². The summed E-state index contributed by atoms with van der Waals surface area (Å²) in [6, 6.07) is 3.73. The van der Waals surface area contributed by atoms with E-state index < -0.39 is 0 Å². The maximum Gasteiger partial charge on any atom is 0.208 e. The molecule has 0 atom stereocenters. The maximum atomic E-state index is 5.78. The summed E-state index contributed by atoms with van der Waals surface area (Å²) in [5.74, 6) is 0.951. The van der Waals surface area contributed by atoms with Crippen LogP contribution >= 0.6 is 0 Å². The van der Waals surface area contributed by atoms with Crippen molar-refractivity contribution in [2.75, 3.05) is 5.73 Å². The Bertz CT molecular complexity index is 475. The van der Waals surface area contributed by atoms with Gasteiger partial charge < -0.3 is 5.73 Å². The number of tetrazole rings is 1. The number of nitrogens with zero attached hydrogens (tertiary/aromatic N) is 5. The van der Waals surface area contributed by atoms with Crippen molar-refractivity contribution in [3.05, 3.63) is 17.8 Å². The van der Waals surface area contributed by atoms with Gasteiger partial charge in [-0.3, -0.25) is 0 Å². The number of nitrogens with two attached hydrogens (primary N) is 1. The highest BCUT2D eigenvalue weighted by atomic mass is 15.6. The average molecular weight is 204 g/mol. The minimum atomic E-state index is 0.436. The lowest BCUT2D eigenvalue weighted by atomic mass is 10.2. The van der Waals surface area contributed by atoms with Crippen LogP contribution in [0.1, 0.15) is 12.6 Å². The molecule has 0 saturated heterocycles. The zero-order valence-corrected chi connectivity index (χ0v) is 8.68. The van der Waals surface area contributed by atoms with Gasteiger partial charge in [0.25, 0.3) is 0 Å². The van der Waals surface area contributed by atoms with Crippen molar-refractivity contribution in [3.63, 3.8) is 0 Å². The monoisotopic (exact) mass is 204 g/mol. The van der Waals surface area contributed by atoms with E-state index >= 15 is 0 Å². The van der Waals surface area contributed by atoms with E-state index in [-0.39, 0.29) is 0 Å². The number of hydrogen-bond acceptors (Lipinski definition) is 5. The Morgan fingerprint density at radius 3 is 2.80 bits per heavy atom. The smallest absolute Gasteiger partial charge is 0.208 e. The van der Waals surface area contributed by atoms with Gasteiger partial charge in [-0.25, -0.2) is 4.98 Å². The number of anilines is 1. The molecule has 0 aliphatic carbocycles. The SMILES string of the molecule is CCn1nnc(-c2ccc(C)nc2N)n1. The summed E-state index contributed by atoms with van der Waals surface area (Å²) in [5, 5.41) is 11.9. The van der Waals surface area contributed by atoms with Crippen LogP contribution in [0.25, 0.3) is 11.4 Å². The molecule has 78 valence electrons. The quantitative estimate of drug-likeness (QED) is 0.776. The van der Waals surface area contributed by atoms with Crippen molar-refractivity contribution in [2.45, 2.75) is 20.4 Å². The summed E-state index contributed by atoms with van der Waals surface area (Å²) in [5.41, 5.74) is 7.37. The topological polar surface area (TPSA) is 82.5 Å². The van der Waals surface area contributed by atoms with Gasteiger partial charge in [0.1, 0.15) is 5.82 Å². The lowest BCUT2D eigenvalue weighted by Crippen LogP contribution is -1.99. The molecule has 0 saturated carbocycles. The Kier molecular flexibility index (Phi) is 2.32. The molecule has 0 aliphatic heterocycles. The molecule has 6 nitrogen and oxygen atoms in total. The minimum Gasteiger partial charge on any atom is -0.383 e. The highest BCUT2D eigenvalue weighted by Crippen LogP contribution is 2.19. The molecule has 6 heteroatoms. The van der Waals surface area contributed by atoms with Crippen LogP contribution in [-0.2, 0) is 6.54 Å². The fraction of sp³-hybridized carbons (Fsp3) is 0.333. The first-order chi connectivity index (χ1) is 7.20. The number of aromatic nitrogens is 5. The van der Waals surface area contributed by atoms with Gasteiger partial charge in [0, 0.05) is 5.69 Å². The zero-order valence-electron chi connectivity index (χ0n) is 8.68. The van der Waals surface area contributed by atoms with Crippen LogP contribution in [0.4, 0.5) is 5.82 Å². The van der Waals surface area contributed by atoms with E-state index in [2.05, 4.69) is 20.4 Å². The molecule has 2 aromatic rings. The predicted octanol–water partition coefficient (Wildman–Crippen LogP) is 0.646. The molecular weight excluding hydrogens is 192 g/mol. The first-order valence-corrected chi connectivity index (χ1v) is 4.72. The molecule has 2 rings (SSSR count). The van der Waals surface area contributed by atoms with E-state index in [4.69, 9.17) is 5.73 Å². The number of rotatable bonds is 2. The Morgan fingerprint density at radius 1 is 1.40 bits per heavy atom. The van der Waals surface area contributed by atoms with E-state index in [0.717, 1.165) is 11.3 Å². The van der Waals surface area contributed by atoms with Crippen molar-refractivity contribution >= 4 is 5.82 Å². The lowest BCUT2D eigenvalue weighted by Gasteiger charge is -2.00. The molecule has 0 aliphatic rings. The first kappa shape index (κ1) is 9.57. The van der Waals surface area contributed by atoms with Gasteiger partial charge in [-0.2, -0.15) is 4.80 Å². The minimum absolute atomic E-state index is 0.436. The fourth-order valence-corrected chi connectivity index (χ4v) is 1.25. The van der Waals surface area contributed by atoms with Gasteiger partial charge in [0.15, 0.2) is 0 Å². The Labute approximate surface area is 87.1 Å². The van der Waals surface area contributed by atoms with E-state index in [1.165, 1.54) is 4.80 Å². The fourth-order valence-electron chi connectivity index (χ4n) is 1.25. The number of aryl methyl sites for hydroxylation is 2. The van der Waals surface area contributed by atoms with E-state index in [0.29, 0.717) is 18.2 Å². The van der Waals surface area contributed by atoms with E-state index in [9.17, 15) is 0 Å². The largest absolute Gasteiger partial charge is 0.383 e. The second-order valence-electron chi connectivity index (χ2n) is 3.19.